The van der Waals surface area contributed by atoms with Crippen LogP contribution in [0.4, 0.5) is 0 Å². The van der Waals surface area contributed by atoms with Crippen molar-refractivity contribution in [3.05, 3.63) is 30.4 Å². The zero-order valence-corrected chi connectivity index (χ0v) is 11.9. The maximum Gasteiger partial charge on any atom is 0.233 e. The van der Waals surface area contributed by atoms with Crippen LogP contribution in [0.15, 0.2) is 24.7 Å². The van der Waals surface area contributed by atoms with E-state index in [1.165, 1.54) is 0 Å². The molecule has 2 aliphatic heterocycles. The highest BCUT2D eigenvalue weighted by molar-refractivity contribution is 5.77. The Bertz CT molecular complexity index is 642. The summed E-state index contributed by atoms with van der Waals surface area (Å²) in [7, 11) is 0. The van der Waals surface area contributed by atoms with Gasteiger partial charge in [0, 0.05) is 43.6 Å². The monoisotopic (exact) mass is 286 g/mol. The summed E-state index contributed by atoms with van der Waals surface area (Å²) in [5, 5.41) is 0. The summed E-state index contributed by atoms with van der Waals surface area (Å²) in [4.78, 5) is 22.8. The van der Waals surface area contributed by atoms with Crippen molar-refractivity contribution >= 4 is 11.7 Å². The van der Waals surface area contributed by atoms with E-state index in [4.69, 9.17) is 4.74 Å². The van der Waals surface area contributed by atoms with E-state index in [1.54, 1.807) is 6.20 Å². The Morgan fingerprint density at radius 3 is 3.14 bits per heavy atom. The van der Waals surface area contributed by atoms with Crippen LogP contribution in [0.2, 0.25) is 0 Å². The van der Waals surface area contributed by atoms with Crippen LogP contribution in [-0.2, 0) is 16.1 Å². The molecule has 6 nitrogen and oxygen atoms in total. The van der Waals surface area contributed by atoms with Crippen molar-refractivity contribution in [1.82, 2.24) is 19.3 Å². The van der Waals surface area contributed by atoms with Crippen molar-refractivity contribution in [2.75, 3.05) is 19.8 Å². The molecule has 1 atom stereocenters. The lowest BCUT2D eigenvalue weighted by Gasteiger charge is -2.38. The molecule has 21 heavy (non-hydrogen) atoms. The van der Waals surface area contributed by atoms with Crippen LogP contribution in [0.1, 0.15) is 25.0 Å². The first-order valence-corrected chi connectivity index (χ1v) is 7.38. The van der Waals surface area contributed by atoms with Gasteiger partial charge < -0.3 is 9.64 Å². The smallest absolute Gasteiger partial charge is 0.233 e. The van der Waals surface area contributed by atoms with E-state index in [2.05, 4.69) is 9.97 Å². The van der Waals surface area contributed by atoms with Gasteiger partial charge in [0.1, 0.15) is 0 Å². The van der Waals surface area contributed by atoms with Crippen molar-refractivity contribution < 1.29 is 9.53 Å². The number of nitrogens with zero attached hydrogens (tertiary/aromatic N) is 4. The topological polar surface area (TPSA) is 59.7 Å². The number of likely N-dealkylation sites (tertiary alicyclic amines) is 1. The fraction of sp³-hybridized carbons (Fsp3) is 0.533. The molecule has 0 radical (unpaired) electrons. The molecule has 1 spiro atoms. The summed E-state index contributed by atoms with van der Waals surface area (Å²) in [5.74, 6) is 0.897. The first-order chi connectivity index (χ1) is 10.2. The summed E-state index contributed by atoms with van der Waals surface area (Å²) in [5.41, 5.74) is 1.06. The number of carbonyl (C=O) groups is 1. The number of amides is 1. The highest BCUT2D eigenvalue weighted by atomic mass is 16.5. The molecule has 4 heterocycles. The maximum atomic E-state index is 12.2. The van der Waals surface area contributed by atoms with E-state index in [-0.39, 0.29) is 11.3 Å². The van der Waals surface area contributed by atoms with Crippen molar-refractivity contribution in [2.24, 2.45) is 5.41 Å². The SMILES string of the molecule is O=C1CCC2(CCOC2)CN1Cc1cn2cccnc2n1. The molecule has 0 N–H and O–H groups in total. The van der Waals surface area contributed by atoms with Gasteiger partial charge in [0.05, 0.1) is 18.8 Å². The lowest BCUT2D eigenvalue weighted by Crippen LogP contribution is -2.46. The van der Waals surface area contributed by atoms with E-state index < -0.39 is 0 Å². The van der Waals surface area contributed by atoms with E-state index >= 15 is 0 Å². The van der Waals surface area contributed by atoms with Crippen molar-refractivity contribution in [3.8, 4) is 0 Å². The molecular formula is C15H18N4O2. The third-order valence-electron chi connectivity index (χ3n) is 4.57. The predicted octanol–water partition coefficient (Wildman–Crippen LogP) is 1.26. The maximum absolute atomic E-state index is 12.2. The molecule has 2 aromatic rings. The second kappa shape index (κ2) is 4.80. The minimum absolute atomic E-state index is 0.172. The molecule has 2 aromatic heterocycles. The van der Waals surface area contributed by atoms with Crippen LogP contribution in [0.3, 0.4) is 0 Å². The number of rotatable bonds is 2. The molecular weight excluding hydrogens is 268 g/mol. The Morgan fingerprint density at radius 1 is 1.38 bits per heavy atom. The zero-order valence-electron chi connectivity index (χ0n) is 11.9. The van der Waals surface area contributed by atoms with Gasteiger partial charge in [0.25, 0.3) is 0 Å². The van der Waals surface area contributed by atoms with E-state index in [9.17, 15) is 4.79 Å². The Labute approximate surface area is 122 Å². The summed E-state index contributed by atoms with van der Waals surface area (Å²) in [6.45, 7) is 2.95. The second-order valence-electron chi connectivity index (χ2n) is 6.11. The van der Waals surface area contributed by atoms with E-state index in [0.29, 0.717) is 18.7 Å². The van der Waals surface area contributed by atoms with Crippen molar-refractivity contribution in [1.29, 1.82) is 0 Å². The zero-order chi connectivity index (χ0) is 14.3. The van der Waals surface area contributed by atoms with Gasteiger partial charge in [0.2, 0.25) is 11.7 Å². The quantitative estimate of drug-likeness (QED) is 0.834. The molecule has 110 valence electrons. The van der Waals surface area contributed by atoms with E-state index in [1.807, 2.05) is 27.8 Å². The van der Waals surface area contributed by atoms with Crippen LogP contribution >= 0.6 is 0 Å². The molecule has 0 bridgehead atoms. The Kier molecular flexibility index (Phi) is 2.92. The molecule has 2 saturated heterocycles. The minimum atomic E-state index is 0.172. The van der Waals surface area contributed by atoms with Gasteiger partial charge >= 0.3 is 0 Å². The highest BCUT2D eigenvalue weighted by Crippen LogP contribution is 2.38. The summed E-state index contributed by atoms with van der Waals surface area (Å²) in [6.07, 6.45) is 8.22. The molecule has 0 aromatic carbocycles. The summed E-state index contributed by atoms with van der Waals surface area (Å²) < 4.78 is 7.44. The Hall–Kier alpha value is -1.95. The summed E-state index contributed by atoms with van der Waals surface area (Å²) >= 11 is 0. The lowest BCUT2D eigenvalue weighted by atomic mass is 9.79. The number of hydrogen-bond donors (Lipinski definition) is 0. The number of piperidine rings is 1. The van der Waals surface area contributed by atoms with Crippen molar-refractivity contribution in [3.63, 3.8) is 0 Å². The van der Waals surface area contributed by atoms with Crippen LogP contribution < -0.4 is 0 Å². The van der Waals surface area contributed by atoms with Gasteiger partial charge in [0.15, 0.2) is 0 Å². The lowest BCUT2D eigenvalue weighted by molar-refractivity contribution is -0.138. The van der Waals surface area contributed by atoms with Gasteiger partial charge in [-0.2, -0.15) is 0 Å². The molecule has 2 aliphatic rings. The Morgan fingerprint density at radius 2 is 2.33 bits per heavy atom. The molecule has 2 fully saturated rings. The molecule has 4 rings (SSSR count). The van der Waals surface area contributed by atoms with Gasteiger partial charge in [-0.15, -0.1) is 0 Å². The molecule has 0 saturated carbocycles. The number of carbonyl (C=O) groups excluding carboxylic acids is 1. The molecule has 1 amide bonds. The average molecular weight is 286 g/mol. The minimum Gasteiger partial charge on any atom is -0.381 e. The van der Waals surface area contributed by atoms with Gasteiger partial charge in [-0.25, -0.2) is 9.97 Å². The third-order valence-corrected chi connectivity index (χ3v) is 4.57. The van der Waals surface area contributed by atoms with Crippen LogP contribution in [-0.4, -0.2) is 44.9 Å². The largest absolute Gasteiger partial charge is 0.381 e. The number of aromatic nitrogens is 3. The fourth-order valence-electron chi connectivity index (χ4n) is 3.37. The number of hydrogen-bond acceptors (Lipinski definition) is 4. The molecule has 6 heteroatoms. The summed E-state index contributed by atoms with van der Waals surface area (Å²) in [6, 6.07) is 1.87. The molecule has 0 aliphatic carbocycles. The van der Waals surface area contributed by atoms with E-state index in [0.717, 1.165) is 38.3 Å². The fourth-order valence-corrected chi connectivity index (χ4v) is 3.37. The van der Waals surface area contributed by atoms with Crippen LogP contribution in [0.5, 0.6) is 0 Å². The predicted molar refractivity (Wildman–Crippen MR) is 75.5 cm³/mol. The normalized spacial score (nSPS) is 26.1. The standard InChI is InChI=1S/C15H18N4O2/c20-13-2-3-15(4-7-21-11-15)10-19(13)9-12-8-18-6-1-5-16-14(18)17-12/h1,5-6,8H,2-4,7,9-11H2. The number of imidazole rings is 1. The van der Waals surface area contributed by atoms with Crippen LogP contribution in [0, 0.1) is 5.41 Å². The van der Waals surface area contributed by atoms with Gasteiger partial charge in [-0.05, 0) is 18.9 Å². The Balaban J connectivity index is 1.55. The second-order valence-corrected chi connectivity index (χ2v) is 6.11. The van der Waals surface area contributed by atoms with Crippen LogP contribution in [0.25, 0.3) is 5.78 Å². The number of ether oxygens (including phenoxy) is 1. The average Bonchev–Trinajstić information content (AvgIpc) is 3.09. The first-order valence-electron chi connectivity index (χ1n) is 7.38. The van der Waals surface area contributed by atoms with Gasteiger partial charge in [-0.1, -0.05) is 0 Å². The molecule has 1 unspecified atom stereocenters. The first kappa shape index (κ1) is 12.8. The van der Waals surface area contributed by atoms with Gasteiger partial charge in [-0.3, -0.25) is 9.20 Å². The van der Waals surface area contributed by atoms with Crippen molar-refractivity contribution in [2.45, 2.75) is 25.8 Å². The third kappa shape index (κ3) is 2.29. The highest BCUT2D eigenvalue weighted by Gasteiger charge is 2.41. The number of fused-ring (bicyclic) bond motifs is 1.